The zero-order valence-electron chi connectivity index (χ0n) is 10.2. The maximum Gasteiger partial charge on any atom is 0.123 e. The molecule has 0 aliphatic rings. The molecule has 0 radical (unpaired) electrons. The lowest BCUT2D eigenvalue weighted by molar-refractivity contribution is 0.623. The third kappa shape index (κ3) is 3.65. The van der Waals surface area contributed by atoms with E-state index < -0.39 is 0 Å². The Morgan fingerprint density at radius 1 is 1.06 bits per heavy atom. The van der Waals surface area contributed by atoms with Crippen LogP contribution in [-0.2, 0) is 13.1 Å². The van der Waals surface area contributed by atoms with E-state index in [2.05, 4.69) is 33.4 Å². The van der Waals surface area contributed by atoms with Gasteiger partial charge in [-0.2, -0.15) is 0 Å². The molecule has 2 aromatic rings. The first-order chi connectivity index (χ1) is 8.65. The fourth-order valence-corrected chi connectivity index (χ4v) is 2.07. The van der Waals surface area contributed by atoms with Gasteiger partial charge in [-0.3, -0.25) is 0 Å². The van der Waals surface area contributed by atoms with Crippen molar-refractivity contribution in [2.45, 2.75) is 20.0 Å². The van der Waals surface area contributed by atoms with Crippen molar-refractivity contribution in [3.05, 3.63) is 69.4 Å². The largest absolute Gasteiger partial charge is 0.309 e. The standard InChI is InChI=1S/C15H15BrFN/c1-11-8-15(17)7-4-13(11)10-18-9-12-2-5-14(16)6-3-12/h2-8,18H,9-10H2,1H3. The first kappa shape index (κ1) is 13.2. The minimum Gasteiger partial charge on any atom is -0.309 e. The maximum atomic E-state index is 12.9. The molecule has 0 unspecified atom stereocenters. The quantitative estimate of drug-likeness (QED) is 0.893. The number of hydrogen-bond donors (Lipinski definition) is 1. The highest BCUT2D eigenvalue weighted by Crippen LogP contribution is 2.12. The van der Waals surface area contributed by atoms with Crippen LogP contribution in [0.2, 0.25) is 0 Å². The Labute approximate surface area is 115 Å². The van der Waals surface area contributed by atoms with Gasteiger partial charge in [-0.15, -0.1) is 0 Å². The van der Waals surface area contributed by atoms with Crippen LogP contribution in [0.4, 0.5) is 4.39 Å². The minimum atomic E-state index is -0.177. The first-order valence-corrected chi connectivity index (χ1v) is 6.64. The number of nitrogens with one attached hydrogen (secondary N) is 1. The summed E-state index contributed by atoms with van der Waals surface area (Å²) in [6.45, 7) is 3.49. The molecule has 0 fully saturated rings. The van der Waals surface area contributed by atoms with Crippen molar-refractivity contribution in [2.75, 3.05) is 0 Å². The van der Waals surface area contributed by atoms with Gasteiger partial charge in [-0.05, 0) is 47.9 Å². The lowest BCUT2D eigenvalue weighted by Gasteiger charge is -2.08. The van der Waals surface area contributed by atoms with E-state index in [1.165, 1.54) is 11.6 Å². The SMILES string of the molecule is Cc1cc(F)ccc1CNCc1ccc(Br)cc1. The van der Waals surface area contributed by atoms with Gasteiger partial charge >= 0.3 is 0 Å². The van der Waals surface area contributed by atoms with Crippen molar-refractivity contribution in [3.8, 4) is 0 Å². The second-order valence-electron chi connectivity index (χ2n) is 4.30. The predicted molar refractivity (Wildman–Crippen MR) is 75.8 cm³/mol. The molecule has 0 saturated heterocycles. The fourth-order valence-electron chi connectivity index (χ4n) is 1.80. The Bertz CT molecular complexity index is 523. The average Bonchev–Trinajstić information content (AvgIpc) is 2.34. The van der Waals surface area contributed by atoms with Crippen LogP contribution >= 0.6 is 15.9 Å². The molecule has 2 rings (SSSR count). The minimum absolute atomic E-state index is 0.177. The Kier molecular flexibility index (Phi) is 4.50. The Hall–Kier alpha value is -1.19. The number of rotatable bonds is 4. The van der Waals surface area contributed by atoms with Crippen LogP contribution in [0.15, 0.2) is 46.9 Å². The normalized spacial score (nSPS) is 10.6. The summed E-state index contributed by atoms with van der Waals surface area (Å²) >= 11 is 3.41. The summed E-state index contributed by atoms with van der Waals surface area (Å²) in [6, 6.07) is 13.1. The topological polar surface area (TPSA) is 12.0 Å². The van der Waals surface area contributed by atoms with Crippen LogP contribution in [0.5, 0.6) is 0 Å². The average molecular weight is 308 g/mol. The third-order valence-corrected chi connectivity index (χ3v) is 3.39. The molecule has 1 N–H and O–H groups in total. The molecule has 0 aliphatic carbocycles. The van der Waals surface area contributed by atoms with Crippen LogP contribution < -0.4 is 5.32 Å². The van der Waals surface area contributed by atoms with Gasteiger partial charge in [-0.25, -0.2) is 4.39 Å². The molecular formula is C15H15BrFN. The van der Waals surface area contributed by atoms with Gasteiger partial charge in [0.1, 0.15) is 5.82 Å². The first-order valence-electron chi connectivity index (χ1n) is 5.85. The summed E-state index contributed by atoms with van der Waals surface area (Å²) in [6.07, 6.45) is 0. The Balaban J connectivity index is 1.90. The van der Waals surface area contributed by atoms with Gasteiger partial charge in [0, 0.05) is 17.6 Å². The molecule has 18 heavy (non-hydrogen) atoms. The van der Waals surface area contributed by atoms with Crippen molar-refractivity contribution in [1.82, 2.24) is 5.32 Å². The number of halogens is 2. The lowest BCUT2D eigenvalue weighted by atomic mass is 10.1. The molecular weight excluding hydrogens is 293 g/mol. The van der Waals surface area contributed by atoms with Gasteiger partial charge in [-0.1, -0.05) is 34.1 Å². The van der Waals surface area contributed by atoms with Crippen LogP contribution in [0.3, 0.4) is 0 Å². The van der Waals surface area contributed by atoms with E-state index in [1.807, 2.05) is 25.1 Å². The molecule has 0 spiro atoms. The van der Waals surface area contributed by atoms with Crippen LogP contribution in [0.25, 0.3) is 0 Å². The van der Waals surface area contributed by atoms with Gasteiger partial charge in [0.25, 0.3) is 0 Å². The van der Waals surface area contributed by atoms with Gasteiger partial charge in [0.2, 0.25) is 0 Å². The molecule has 0 bridgehead atoms. The van der Waals surface area contributed by atoms with Gasteiger partial charge < -0.3 is 5.32 Å². The second-order valence-corrected chi connectivity index (χ2v) is 5.22. The highest BCUT2D eigenvalue weighted by molar-refractivity contribution is 9.10. The van der Waals surface area contributed by atoms with Crippen LogP contribution in [0.1, 0.15) is 16.7 Å². The fraction of sp³-hybridized carbons (Fsp3) is 0.200. The number of aryl methyl sites for hydroxylation is 1. The van der Waals surface area contributed by atoms with E-state index in [-0.39, 0.29) is 5.82 Å². The molecule has 0 saturated carbocycles. The predicted octanol–water partition coefficient (Wildman–Crippen LogP) is 4.19. The summed E-state index contributed by atoms with van der Waals surface area (Å²) < 4.78 is 14.0. The van der Waals surface area contributed by atoms with Crippen molar-refractivity contribution < 1.29 is 4.39 Å². The van der Waals surface area contributed by atoms with Crippen molar-refractivity contribution in [1.29, 1.82) is 0 Å². The summed E-state index contributed by atoms with van der Waals surface area (Å²) in [7, 11) is 0. The van der Waals surface area contributed by atoms with Crippen molar-refractivity contribution in [3.63, 3.8) is 0 Å². The summed E-state index contributed by atoms with van der Waals surface area (Å²) in [5, 5.41) is 3.36. The molecule has 0 aromatic heterocycles. The van der Waals surface area contributed by atoms with E-state index in [4.69, 9.17) is 0 Å². The van der Waals surface area contributed by atoms with E-state index in [0.29, 0.717) is 0 Å². The van der Waals surface area contributed by atoms with Gasteiger partial charge in [0.15, 0.2) is 0 Å². The highest BCUT2D eigenvalue weighted by atomic mass is 79.9. The van der Waals surface area contributed by atoms with Crippen molar-refractivity contribution in [2.24, 2.45) is 0 Å². The molecule has 1 nitrogen and oxygen atoms in total. The lowest BCUT2D eigenvalue weighted by Crippen LogP contribution is -2.13. The third-order valence-electron chi connectivity index (χ3n) is 2.86. The molecule has 0 amide bonds. The molecule has 2 aromatic carbocycles. The van der Waals surface area contributed by atoms with Gasteiger partial charge in [0.05, 0.1) is 0 Å². The number of hydrogen-bond acceptors (Lipinski definition) is 1. The second kappa shape index (κ2) is 6.12. The Morgan fingerprint density at radius 3 is 2.44 bits per heavy atom. The summed E-state index contributed by atoms with van der Waals surface area (Å²) in [5.41, 5.74) is 3.35. The maximum absolute atomic E-state index is 12.9. The van der Waals surface area contributed by atoms with Crippen molar-refractivity contribution >= 4 is 15.9 Å². The zero-order valence-corrected chi connectivity index (χ0v) is 11.8. The molecule has 0 atom stereocenters. The van der Waals surface area contributed by atoms with E-state index in [0.717, 1.165) is 28.7 Å². The molecule has 94 valence electrons. The molecule has 0 aliphatic heterocycles. The Morgan fingerprint density at radius 2 is 1.78 bits per heavy atom. The summed E-state index contributed by atoms with van der Waals surface area (Å²) in [4.78, 5) is 0. The van der Waals surface area contributed by atoms with Crippen LogP contribution in [-0.4, -0.2) is 0 Å². The number of benzene rings is 2. The zero-order chi connectivity index (χ0) is 13.0. The van der Waals surface area contributed by atoms with E-state index in [1.54, 1.807) is 6.07 Å². The van der Waals surface area contributed by atoms with E-state index >= 15 is 0 Å². The summed E-state index contributed by atoms with van der Waals surface area (Å²) in [5.74, 6) is -0.177. The molecule has 3 heteroatoms. The molecule has 0 heterocycles. The highest BCUT2D eigenvalue weighted by Gasteiger charge is 2.00. The van der Waals surface area contributed by atoms with E-state index in [9.17, 15) is 4.39 Å². The smallest absolute Gasteiger partial charge is 0.123 e. The van der Waals surface area contributed by atoms with Crippen LogP contribution in [0, 0.1) is 12.7 Å². The monoisotopic (exact) mass is 307 g/mol.